The quantitative estimate of drug-likeness (QED) is 0.569. The molecule has 5 nitrogen and oxygen atoms in total. The van der Waals surface area contributed by atoms with E-state index in [2.05, 4.69) is 10.6 Å². The first-order valence-corrected chi connectivity index (χ1v) is 6.20. The molecule has 0 aliphatic rings. The second-order valence-electron chi connectivity index (χ2n) is 4.25. The predicted molar refractivity (Wildman–Crippen MR) is 73.5 cm³/mol. The van der Waals surface area contributed by atoms with Gasteiger partial charge in [-0.25, -0.2) is 0 Å². The highest BCUT2D eigenvalue weighted by atomic mass is 16.5. The lowest BCUT2D eigenvalue weighted by molar-refractivity contribution is -0.118. The number of ether oxygens (including phenoxy) is 1. The predicted octanol–water partition coefficient (Wildman–Crippen LogP) is 0.992. The van der Waals surface area contributed by atoms with Crippen LogP contribution in [0.4, 0.5) is 0 Å². The van der Waals surface area contributed by atoms with Crippen LogP contribution in [0.1, 0.15) is 24.2 Å². The zero-order valence-corrected chi connectivity index (χ0v) is 11.5. The molecule has 1 amide bonds. The summed E-state index contributed by atoms with van der Waals surface area (Å²) in [4.78, 5) is 22.8. The van der Waals surface area contributed by atoms with Crippen molar-refractivity contribution in [1.29, 1.82) is 0 Å². The smallest absolute Gasteiger partial charge is 0.216 e. The van der Waals surface area contributed by atoms with Crippen LogP contribution in [0, 0.1) is 0 Å². The molecule has 5 heteroatoms. The van der Waals surface area contributed by atoms with Crippen molar-refractivity contribution in [2.45, 2.75) is 19.9 Å². The van der Waals surface area contributed by atoms with Crippen molar-refractivity contribution >= 4 is 11.7 Å². The maximum atomic E-state index is 12.1. The van der Waals surface area contributed by atoms with Crippen LogP contribution >= 0.6 is 0 Å². The molecule has 0 bridgehead atoms. The van der Waals surface area contributed by atoms with Gasteiger partial charge in [-0.15, -0.1) is 0 Å². The zero-order chi connectivity index (χ0) is 14.3. The second kappa shape index (κ2) is 7.53. The molecule has 0 radical (unpaired) electrons. The number of benzene rings is 1. The van der Waals surface area contributed by atoms with Crippen LogP contribution in [0.25, 0.3) is 0 Å². The molecule has 0 saturated heterocycles. The van der Waals surface area contributed by atoms with Crippen molar-refractivity contribution in [3.63, 3.8) is 0 Å². The molecule has 1 aromatic carbocycles. The first-order chi connectivity index (χ1) is 9.04. The molecule has 0 spiro atoms. The Kier molecular flexibility index (Phi) is 6.02. The van der Waals surface area contributed by atoms with Gasteiger partial charge in [0.05, 0.1) is 13.2 Å². The summed E-state index contributed by atoms with van der Waals surface area (Å²) < 4.78 is 5.04. The van der Waals surface area contributed by atoms with E-state index in [-0.39, 0.29) is 17.7 Å². The first kappa shape index (κ1) is 15.2. The Morgan fingerprint density at radius 3 is 2.37 bits per heavy atom. The summed E-state index contributed by atoms with van der Waals surface area (Å²) in [6.07, 6.45) is 0. The van der Waals surface area contributed by atoms with Crippen molar-refractivity contribution in [3.05, 3.63) is 29.8 Å². The highest BCUT2D eigenvalue weighted by Gasteiger charge is 2.14. The average molecular weight is 264 g/mol. The van der Waals surface area contributed by atoms with Crippen LogP contribution < -0.4 is 15.4 Å². The fourth-order valence-electron chi connectivity index (χ4n) is 1.63. The van der Waals surface area contributed by atoms with E-state index >= 15 is 0 Å². The Balaban J connectivity index is 2.44. The molecular weight excluding hydrogens is 244 g/mol. The number of carbonyl (C=O) groups excluding carboxylic acids is 2. The van der Waals surface area contributed by atoms with Crippen molar-refractivity contribution in [2.75, 3.05) is 20.2 Å². The Hall–Kier alpha value is -1.88. The van der Waals surface area contributed by atoms with Crippen LogP contribution in [0.3, 0.4) is 0 Å². The number of amides is 1. The van der Waals surface area contributed by atoms with Crippen molar-refractivity contribution in [3.8, 4) is 5.75 Å². The van der Waals surface area contributed by atoms with Gasteiger partial charge in [0, 0.05) is 25.6 Å². The lowest BCUT2D eigenvalue weighted by atomic mass is 10.1. The van der Waals surface area contributed by atoms with Crippen LogP contribution in [0.5, 0.6) is 5.75 Å². The van der Waals surface area contributed by atoms with Gasteiger partial charge in [0.25, 0.3) is 0 Å². The summed E-state index contributed by atoms with van der Waals surface area (Å²) in [5, 5.41) is 5.73. The minimum Gasteiger partial charge on any atom is -0.497 e. The molecule has 0 aliphatic heterocycles. The number of methoxy groups -OCH3 is 1. The van der Waals surface area contributed by atoms with Crippen molar-refractivity contribution < 1.29 is 14.3 Å². The maximum absolute atomic E-state index is 12.1. The maximum Gasteiger partial charge on any atom is 0.216 e. The number of rotatable bonds is 7. The monoisotopic (exact) mass is 264 g/mol. The number of hydrogen-bond donors (Lipinski definition) is 2. The van der Waals surface area contributed by atoms with Crippen LogP contribution in [-0.4, -0.2) is 37.9 Å². The van der Waals surface area contributed by atoms with Gasteiger partial charge in [0.2, 0.25) is 5.91 Å². The van der Waals surface area contributed by atoms with Crippen LogP contribution in [0.2, 0.25) is 0 Å². The largest absolute Gasteiger partial charge is 0.497 e. The number of Topliss-reactive ketones (excluding diaryl/α,β-unsaturated/α-hetero) is 1. The van der Waals surface area contributed by atoms with E-state index in [0.29, 0.717) is 18.7 Å². The molecule has 1 atom stereocenters. The van der Waals surface area contributed by atoms with E-state index in [9.17, 15) is 9.59 Å². The minimum absolute atomic E-state index is 0.0190. The molecule has 1 unspecified atom stereocenters. The fourth-order valence-corrected chi connectivity index (χ4v) is 1.63. The molecule has 1 rings (SSSR count). The molecule has 19 heavy (non-hydrogen) atoms. The van der Waals surface area contributed by atoms with E-state index in [0.717, 1.165) is 5.75 Å². The normalized spacial score (nSPS) is 11.7. The third kappa shape index (κ3) is 5.09. The van der Waals surface area contributed by atoms with Crippen molar-refractivity contribution in [2.24, 2.45) is 0 Å². The summed E-state index contributed by atoms with van der Waals surface area (Å²) in [7, 11) is 1.59. The van der Waals surface area contributed by atoms with E-state index < -0.39 is 0 Å². The van der Waals surface area contributed by atoms with Crippen LogP contribution in [-0.2, 0) is 4.79 Å². The molecule has 1 aromatic rings. The van der Waals surface area contributed by atoms with Gasteiger partial charge in [-0.05, 0) is 31.2 Å². The Morgan fingerprint density at radius 1 is 1.21 bits per heavy atom. The number of carbonyl (C=O) groups is 2. The summed E-state index contributed by atoms with van der Waals surface area (Å²) >= 11 is 0. The molecular formula is C14H20N2O3. The molecule has 0 saturated carbocycles. The average Bonchev–Trinajstić information content (AvgIpc) is 2.42. The van der Waals surface area contributed by atoms with Gasteiger partial charge < -0.3 is 15.4 Å². The molecule has 0 heterocycles. The number of ketones is 1. The fraction of sp³-hybridized carbons (Fsp3) is 0.429. The highest BCUT2D eigenvalue weighted by molar-refractivity contribution is 5.99. The lowest BCUT2D eigenvalue weighted by Gasteiger charge is -2.13. The second-order valence-corrected chi connectivity index (χ2v) is 4.25. The SMILES string of the molecule is COc1ccc(C(=O)C(C)NCCNC(C)=O)cc1. The van der Waals surface area contributed by atoms with E-state index in [1.165, 1.54) is 6.92 Å². The van der Waals surface area contributed by atoms with Gasteiger partial charge in [0.15, 0.2) is 5.78 Å². The van der Waals surface area contributed by atoms with Gasteiger partial charge in [-0.3, -0.25) is 9.59 Å². The van der Waals surface area contributed by atoms with Crippen molar-refractivity contribution in [1.82, 2.24) is 10.6 Å². The molecule has 0 aliphatic carbocycles. The number of hydrogen-bond acceptors (Lipinski definition) is 4. The minimum atomic E-state index is -0.290. The van der Waals surface area contributed by atoms with Gasteiger partial charge >= 0.3 is 0 Å². The lowest BCUT2D eigenvalue weighted by Crippen LogP contribution is -2.39. The van der Waals surface area contributed by atoms with Gasteiger partial charge in [0.1, 0.15) is 5.75 Å². The van der Waals surface area contributed by atoms with Crippen LogP contribution in [0.15, 0.2) is 24.3 Å². The molecule has 2 N–H and O–H groups in total. The standard InChI is InChI=1S/C14H20N2O3/c1-10(15-8-9-16-11(2)17)14(18)12-4-6-13(19-3)7-5-12/h4-7,10,15H,8-9H2,1-3H3,(H,16,17). The summed E-state index contributed by atoms with van der Waals surface area (Å²) in [6, 6.07) is 6.72. The summed E-state index contributed by atoms with van der Waals surface area (Å²) in [5.41, 5.74) is 0.639. The zero-order valence-electron chi connectivity index (χ0n) is 11.5. The Bertz CT molecular complexity index is 429. The number of nitrogens with one attached hydrogen (secondary N) is 2. The molecule has 0 fully saturated rings. The topological polar surface area (TPSA) is 67.4 Å². The Labute approximate surface area is 113 Å². The first-order valence-electron chi connectivity index (χ1n) is 6.20. The molecule has 104 valence electrons. The Morgan fingerprint density at radius 2 is 1.84 bits per heavy atom. The highest BCUT2D eigenvalue weighted by Crippen LogP contribution is 2.12. The third-order valence-electron chi connectivity index (χ3n) is 2.72. The van der Waals surface area contributed by atoms with E-state index in [1.807, 2.05) is 0 Å². The molecule has 0 aromatic heterocycles. The van der Waals surface area contributed by atoms with E-state index in [4.69, 9.17) is 4.74 Å². The van der Waals surface area contributed by atoms with E-state index in [1.54, 1.807) is 38.3 Å². The summed E-state index contributed by atoms with van der Waals surface area (Å²) in [6.45, 7) is 4.34. The van der Waals surface area contributed by atoms with Gasteiger partial charge in [-0.1, -0.05) is 0 Å². The van der Waals surface area contributed by atoms with Gasteiger partial charge in [-0.2, -0.15) is 0 Å². The third-order valence-corrected chi connectivity index (χ3v) is 2.72. The summed E-state index contributed by atoms with van der Waals surface area (Å²) in [5.74, 6) is 0.671.